The van der Waals surface area contributed by atoms with Crippen molar-refractivity contribution < 1.29 is 24.5 Å². The van der Waals surface area contributed by atoms with Crippen LogP contribution in [0, 0.1) is 0 Å². The van der Waals surface area contributed by atoms with Crippen LogP contribution < -0.4 is 0 Å². The van der Waals surface area contributed by atoms with E-state index in [9.17, 15) is 15.0 Å². The fourth-order valence-corrected chi connectivity index (χ4v) is 2.55. The maximum atomic E-state index is 11.4. The van der Waals surface area contributed by atoms with Crippen molar-refractivity contribution in [1.29, 1.82) is 0 Å². The zero-order chi connectivity index (χ0) is 14.8. The molecular formula is C15H18O5. The van der Waals surface area contributed by atoms with Crippen LogP contribution in [-0.2, 0) is 14.3 Å². The molecule has 0 spiro atoms. The summed E-state index contributed by atoms with van der Waals surface area (Å²) >= 11 is 0. The number of benzene rings is 1. The van der Waals surface area contributed by atoms with Gasteiger partial charge in [0.15, 0.2) is 11.4 Å². The van der Waals surface area contributed by atoms with Crippen molar-refractivity contribution in [3.63, 3.8) is 0 Å². The molecule has 5 heteroatoms. The number of carbonyl (C=O) groups is 1. The quantitative estimate of drug-likeness (QED) is 0.645. The van der Waals surface area contributed by atoms with Gasteiger partial charge in [0, 0.05) is 20.6 Å². The zero-order valence-electron chi connectivity index (χ0n) is 11.4. The number of aliphatic carboxylic acids is 1. The van der Waals surface area contributed by atoms with Crippen LogP contribution in [0.15, 0.2) is 42.5 Å². The highest BCUT2D eigenvalue weighted by molar-refractivity contribution is 5.80. The highest BCUT2D eigenvalue weighted by Crippen LogP contribution is 2.42. The van der Waals surface area contributed by atoms with E-state index in [2.05, 4.69) is 0 Å². The smallest absolute Gasteiger partial charge is 0.340 e. The van der Waals surface area contributed by atoms with Gasteiger partial charge in [0.25, 0.3) is 0 Å². The largest absolute Gasteiger partial charge is 0.479 e. The Morgan fingerprint density at radius 3 is 2.40 bits per heavy atom. The molecule has 0 aliphatic heterocycles. The Bertz CT molecular complexity index is 512. The number of carboxylic acid groups (broad SMARTS) is 1. The third kappa shape index (κ3) is 2.35. The number of hydrogen-bond donors (Lipinski definition) is 2. The van der Waals surface area contributed by atoms with Gasteiger partial charge in [-0.3, -0.25) is 0 Å². The number of hydrogen-bond acceptors (Lipinski definition) is 4. The SMILES string of the molecule is COC1(C(=O)O)C=CC(c2ccccc2)C(O)(OC)C1. The van der Waals surface area contributed by atoms with Crippen molar-refractivity contribution in [3.05, 3.63) is 48.0 Å². The summed E-state index contributed by atoms with van der Waals surface area (Å²) in [6.45, 7) is 0. The first-order chi connectivity index (χ1) is 9.47. The first-order valence-electron chi connectivity index (χ1n) is 6.28. The van der Waals surface area contributed by atoms with E-state index in [4.69, 9.17) is 9.47 Å². The Hall–Kier alpha value is -1.69. The number of aliphatic hydroxyl groups is 1. The van der Waals surface area contributed by atoms with Gasteiger partial charge < -0.3 is 19.7 Å². The molecular weight excluding hydrogens is 260 g/mol. The number of methoxy groups -OCH3 is 2. The van der Waals surface area contributed by atoms with Crippen LogP contribution in [0.25, 0.3) is 0 Å². The molecule has 2 rings (SSSR count). The molecule has 1 aliphatic carbocycles. The normalized spacial score (nSPS) is 33.0. The van der Waals surface area contributed by atoms with E-state index in [0.29, 0.717) is 0 Å². The van der Waals surface area contributed by atoms with Crippen molar-refractivity contribution in [2.24, 2.45) is 0 Å². The highest BCUT2D eigenvalue weighted by atomic mass is 16.6. The first-order valence-corrected chi connectivity index (χ1v) is 6.28. The molecule has 20 heavy (non-hydrogen) atoms. The molecule has 3 atom stereocenters. The van der Waals surface area contributed by atoms with E-state index in [0.717, 1.165) is 5.56 Å². The summed E-state index contributed by atoms with van der Waals surface area (Å²) in [6, 6.07) is 9.31. The van der Waals surface area contributed by atoms with Crippen molar-refractivity contribution in [3.8, 4) is 0 Å². The summed E-state index contributed by atoms with van der Waals surface area (Å²) in [5.74, 6) is -3.24. The van der Waals surface area contributed by atoms with Gasteiger partial charge in [-0.25, -0.2) is 4.79 Å². The lowest BCUT2D eigenvalue weighted by molar-refractivity contribution is -0.230. The number of rotatable bonds is 4. The monoisotopic (exact) mass is 278 g/mol. The summed E-state index contributed by atoms with van der Waals surface area (Å²) in [5.41, 5.74) is -0.723. The Balaban J connectivity index is 2.46. The lowest BCUT2D eigenvalue weighted by Gasteiger charge is -2.42. The highest BCUT2D eigenvalue weighted by Gasteiger charge is 2.51. The average molecular weight is 278 g/mol. The molecule has 0 aromatic heterocycles. The van der Waals surface area contributed by atoms with E-state index < -0.39 is 23.3 Å². The molecule has 1 aliphatic rings. The van der Waals surface area contributed by atoms with Crippen molar-refractivity contribution >= 4 is 5.97 Å². The molecule has 0 bridgehead atoms. The second kappa shape index (κ2) is 5.36. The van der Waals surface area contributed by atoms with Crippen LogP contribution in [0.5, 0.6) is 0 Å². The van der Waals surface area contributed by atoms with Crippen LogP contribution in [0.4, 0.5) is 0 Å². The molecule has 5 nitrogen and oxygen atoms in total. The van der Waals surface area contributed by atoms with Gasteiger partial charge in [-0.1, -0.05) is 36.4 Å². The first kappa shape index (κ1) is 14.7. The van der Waals surface area contributed by atoms with Crippen molar-refractivity contribution in [2.45, 2.75) is 23.7 Å². The lowest BCUT2D eigenvalue weighted by Crippen LogP contribution is -2.53. The molecule has 0 fully saturated rings. The van der Waals surface area contributed by atoms with Crippen LogP contribution in [0.1, 0.15) is 17.9 Å². The van der Waals surface area contributed by atoms with Crippen molar-refractivity contribution in [2.75, 3.05) is 14.2 Å². The lowest BCUT2D eigenvalue weighted by atomic mass is 9.76. The van der Waals surface area contributed by atoms with E-state index in [1.807, 2.05) is 30.3 Å². The van der Waals surface area contributed by atoms with E-state index >= 15 is 0 Å². The second-order valence-corrected chi connectivity index (χ2v) is 4.87. The molecule has 0 radical (unpaired) electrons. The maximum Gasteiger partial charge on any atom is 0.340 e. The van der Waals surface area contributed by atoms with E-state index in [1.165, 1.54) is 20.3 Å². The van der Waals surface area contributed by atoms with Crippen LogP contribution in [0.3, 0.4) is 0 Å². The third-order valence-electron chi connectivity index (χ3n) is 3.80. The van der Waals surface area contributed by atoms with Gasteiger partial charge in [0.05, 0.1) is 5.92 Å². The molecule has 0 saturated heterocycles. The Morgan fingerprint density at radius 1 is 1.25 bits per heavy atom. The minimum absolute atomic E-state index is 0.182. The summed E-state index contributed by atoms with van der Waals surface area (Å²) in [5, 5.41) is 20.0. The predicted octanol–water partition coefficient (Wildman–Crippen LogP) is 1.53. The molecule has 3 unspecified atom stereocenters. The van der Waals surface area contributed by atoms with Gasteiger partial charge in [-0.2, -0.15) is 0 Å². The maximum absolute atomic E-state index is 11.4. The minimum atomic E-state index is -1.63. The van der Waals surface area contributed by atoms with Crippen molar-refractivity contribution in [1.82, 2.24) is 0 Å². The fraction of sp³-hybridized carbons (Fsp3) is 0.400. The Morgan fingerprint density at radius 2 is 1.90 bits per heavy atom. The van der Waals surface area contributed by atoms with Crippen LogP contribution in [-0.4, -0.2) is 41.8 Å². The predicted molar refractivity (Wildman–Crippen MR) is 72.3 cm³/mol. The van der Waals surface area contributed by atoms with Gasteiger partial charge in [0.1, 0.15) is 0 Å². The van der Waals surface area contributed by atoms with E-state index in [-0.39, 0.29) is 6.42 Å². The molecule has 108 valence electrons. The molecule has 1 aromatic rings. The molecule has 0 saturated carbocycles. The Labute approximate surface area is 117 Å². The summed E-state index contributed by atoms with van der Waals surface area (Å²) in [7, 11) is 2.66. The van der Waals surface area contributed by atoms with Gasteiger partial charge in [0.2, 0.25) is 0 Å². The fourth-order valence-electron chi connectivity index (χ4n) is 2.55. The topological polar surface area (TPSA) is 76.0 Å². The summed E-state index contributed by atoms with van der Waals surface area (Å²) in [6.07, 6.45) is 2.92. The second-order valence-electron chi connectivity index (χ2n) is 4.87. The minimum Gasteiger partial charge on any atom is -0.479 e. The molecule has 2 N–H and O–H groups in total. The Kier molecular flexibility index (Phi) is 3.94. The number of ether oxygens (including phenoxy) is 2. The third-order valence-corrected chi connectivity index (χ3v) is 3.80. The molecule has 0 amide bonds. The van der Waals surface area contributed by atoms with Gasteiger partial charge in [-0.05, 0) is 11.6 Å². The van der Waals surface area contributed by atoms with E-state index in [1.54, 1.807) is 6.08 Å². The van der Waals surface area contributed by atoms with Crippen LogP contribution >= 0.6 is 0 Å². The molecule has 1 aromatic carbocycles. The summed E-state index contributed by atoms with van der Waals surface area (Å²) in [4.78, 5) is 11.4. The van der Waals surface area contributed by atoms with Gasteiger partial charge >= 0.3 is 5.97 Å². The zero-order valence-corrected chi connectivity index (χ0v) is 11.4. The standard InChI is InChI=1S/C15H18O5/c1-19-14(13(16)17)9-8-12(15(18,10-14)20-2)11-6-4-3-5-7-11/h3-9,12,18H,10H2,1-2H3,(H,16,17). The molecule has 0 heterocycles. The number of carboxylic acids is 1. The van der Waals surface area contributed by atoms with Gasteiger partial charge in [-0.15, -0.1) is 0 Å². The van der Waals surface area contributed by atoms with Crippen LogP contribution in [0.2, 0.25) is 0 Å². The summed E-state index contributed by atoms with van der Waals surface area (Å²) < 4.78 is 10.3. The average Bonchev–Trinajstić information content (AvgIpc) is 2.47.